The van der Waals surface area contributed by atoms with Crippen molar-refractivity contribution in [3.05, 3.63) is 28.2 Å². The van der Waals surface area contributed by atoms with Gasteiger partial charge in [0.25, 0.3) is 0 Å². The van der Waals surface area contributed by atoms with Crippen molar-refractivity contribution >= 4 is 21.6 Å². The van der Waals surface area contributed by atoms with Crippen LogP contribution < -0.4 is 10.2 Å². The average molecular weight is 339 g/mol. The highest BCUT2D eigenvalue weighted by Crippen LogP contribution is 2.37. The van der Waals surface area contributed by atoms with Crippen LogP contribution in [-0.2, 0) is 0 Å². The third-order valence-electron chi connectivity index (χ3n) is 4.03. The third-order valence-corrected chi connectivity index (χ3v) is 4.67. The van der Waals surface area contributed by atoms with Gasteiger partial charge in [0.05, 0.1) is 5.69 Å². The Morgan fingerprint density at radius 2 is 2.10 bits per heavy atom. The molecule has 1 fully saturated rings. The summed E-state index contributed by atoms with van der Waals surface area (Å²) in [4.78, 5) is 2.59. The molecule has 1 saturated carbocycles. The quantitative estimate of drug-likeness (QED) is 0.725. The molecule has 1 atom stereocenters. The first-order valence-corrected chi connectivity index (χ1v) is 8.76. The predicted molar refractivity (Wildman–Crippen MR) is 91.5 cm³/mol. The van der Waals surface area contributed by atoms with Crippen molar-refractivity contribution in [1.82, 2.24) is 5.32 Å². The van der Waals surface area contributed by atoms with Crippen LogP contribution >= 0.6 is 15.9 Å². The normalized spacial score (nSPS) is 16.2. The summed E-state index contributed by atoms with van der Waals surface area (Å²) in [5.74, 6) is 0. The molecular weight excluding hydrogens is 312 g/mol. The molecule has 1 N–H and O–H groups in total. The molecule has 1 unspecified atom stereocenters. The van der Waals surface area contributed by atoms with E-state index in [0.29, 0.717) is 6.04 Å². The Morgan fingerprint density at radius 3 is 2.65 bits per heavy atom. The molecule has 0 heterocycles. The Morgan fingerprint density at radius 1 is 1.35 bits per heavy atom. The van der Waals surface area contributed by atoms with Crippen molar-refractivity contribution < 1.29 is 0 Å². The van der Waals surface area contributed by atoms with Gasteiger partial charge < -0.3 is 10.2 Å². The van der Waals surface area contributed by atoms with Crippen molar-refractivity contribution in [3.8, 4) is 0 Å². The van der Waals surface area contributed by atoms with Gasteiger partial charge >= 0.3 is 0 Å². The summed E-state index contributed by atoms with van der Waals surface area (Å²) in [5, 5.41) is 3.47. The topological polar surface area (TPSA) is 15.3 Å². The summed E-state index contributed by atoms with van der Waals surface area (Å²) in [6.45, 7) is 8.83. The van der Waals surface area contributed by atoms with Crippen LogP contribution in [0.4, 0.5) is 5.69 Å². The van der Waals surface area contributed by atoms with E-state index in [4.69, 9.17) is 0 Å². The largest absolute Gasteiger partial charge is 0.368 e. The van der Waals surface area contributed by atoms with Crippen LogP contribution in [-0.4, -0.2) is 19.1 Å². The van der Waals surface area contributed by atoms with Crippen molar-refractivity contribution in [3.63, 3.8) is 0 Å². The first-order chi connectivity index (χ1) is 9.67. The molecule has 112 valence electrons. The highest BCUT2D eigenvalue weighted by Gasteiger charge is 2.29. The fraction of sp³-hybridized carbons (Fsp3) is 0.647. The predicted octanol–water partition coefficient (Wildman–Crippen LogP) is 4.89. The SMILES string of the molecule is CCCCN(c1ccc(C(C)NCC)cc1Br)C1CC1. The van der Waals surface area contributed by atoms with Crippen LogP contribution in [0, 0.1) is 0 Å². The van der Waals surface area contributed by atoms with E-state index in [0.717, 1.165) is 12.6 Å². The maximum atomic E-state index is 3.79. The van der Waals surface area contributed by atoms with E-state index in [-0.39, 0.29) is 0 Å². The molecule has 1 aromatic carbocycles. The van der Waals surface area contributed by atoms with Crippen molar-refractivity contribution in [2.24, 2.45) is 0 Å². The van der Waals surface area contributed by atoms with Gasteiger partial charge in [-0.3, -0.25) is 0 Å². The summed E-state index contributed by atoms with van der Waals surface area (Å²) in [7, 11) is 0. The zero-order valence-electron chi connectivity index (χ0n) is 13.0. The minimum Gasteiger partial charge on any atom is -0.368 e. The van der Waals surface area contributed by atoms with Gasteiger partial charge in [0.1, 0.15) is 0 Å². The number of nitrogens with zero attached hydrogens (tertiary/aromatic N) is 1. The highest BCUT2D eigenvalue weighted by molar-refractivity contribution is 9.10. The Bertz CT molecular complexity index is 429. The van der Waals surface area contributed by atoms with E-state index in [9.17, 15) is 0 Å². The standard InChI is InChI=1S/C17H27BrN2/c1-4-6-11-20(15-8-9-15)17-10-7-14(12-16(17)18)13(3)19-5-2/h7,10,12-13,15,19H,4-6,8-9,11H2,1-3H3. The molecule has 1 aromatic rings. The number of nitrogens with one attached hydrogen (secondary N) is 1. The molecule has 0 saturated heterocycles. The van der Waals surface area contributed by atoms with Crippen LogP contribution in [0.2, 0.25) is 0 Å². The Labute approximate surface area is 132 Å². The smallest absolute Gasteiger partial charge is 0.0513 e. The first-order valence-electron chi connectivity index (χ1n) is 7.96. The summed E-state index contributed by atoms with van der Waals surface area (Å²) >= 11 is 3.79. The monoisotopic (exact) mass is 338 g/mol. The zero-order valence-corrected chi connectivity index (χ0v) is 14.5. The van der Waals surface area contributed by atoms with E-state index in [1.54, 1.807) is 0 Å². The molecule has 0 spiro atoms. The molecular formula is C17H27BrN2. The fourth-order valence-electron chi connectivity index (χ4n) is 2.66. The van der Waals surface area contributed by atoms with E-state index < -0.39 is 0 Å². The maximum absolute atomic E-state index is 3.79. The van der Waals surface area contributed by atoms with Crippen LogP contribution in [0.5, 0.6) is 0 Å². The van der Waals surface area contributed by atoms with E-state index in [2.05, 4.69) is 65.1 Å². The van der Waals surface area contributed by atoms with E-state index in [1.165, 1.54) is 48.0 Å². The van der Waals surface area contributed by atoms with Gasteiger partial charge in [-0.1, -0.05) is 26.3 Å². The average Bonchev–Trinajstić information content (AvgIpc) is 3.25. The highest BCUT2D eigenvalue weighted by atomic mass is 79.9. The van der Waals surface area contributed by atoms with Crippen LogP contribution in [0.1, 0.15) is 58.1 Å². The second-order valence-corrected chi connectivity index (χ2v) is 6.62. The summed E-state index contributed by atoms with van der Waals surface area (Å²) in [6, 6.07) is 8.03. The fourth-order valence-corrected chi connectivity index (χ4v) is 3.29. The molecule has 2 nitrogen and oxygen atoms in total. The van der Waals surface area contributed by atoms with Gasteiger partial charge in [-0.2, -0.15) is 0 Å². The summed E-state index contributed by atoms with van der Waals surface area (Å²) in [6.07, 6.45) is 5.24. The minimum atomic E-state index is 0.412. The Kier molecular flexibility index (Phi) is 5.91. The van der Waals surface area contributed by atoms with Gasteiger partial charge in [0.2, 0.25) is 0 Å². The zero-order chi connectivity index (χ0) is 14.5. The number of halogens is 1. The first kappa shape index (κ1) is 15.8. The number of benzene rings is 1. The lowest BCUT2D eigenvalue weighted by Gasteiger charge is -2.26. The molecule has 0 amide bonds. The van der Waals surface area contributed by atoms with Gasteiger partial charge in [-0.05, 0) is 66.4 Å². The van der Waals surface area contributed by atoms with Crippen LogP contribution in [0.25, 0.3) is 0 Å². The molecule has 0 bridgehead atoms. The number of anilines is 1. The number of unbranched alkanes of at least 4 members (excludes halogenated alkanes) is 1. The lowest BCUT2D eigenvalue weighted by Crippen LogP contribution is -2.27. The second-order valence-electron chi connectivity index (χ2n) is 5.77. The van der Waals surface area contributed by atoms with Gasteiger partial charge in [0.15, 0.2) is 0 Å². The van der Waals surface area contributed by atoms with Gasteiger partial charge in [-0.25, -0.2) is 0 Å². The Balaban J connectivity index is 2.14. The maximum Gasteiger partial charge on any atom is 0.0513 e. The number of hydrogen-bond donors (Lipinski definition) is 1. The second kappa shape index (κ2) is 7.46. The molecule has 2 rings (SSSR count). The van der Waals surface area contributed by atoms with Crippen LogP contribution in [0.3, 0.4) is 0 Å². The molecule has 1 aliphatic rings. The van der Waals surface area contributed by atoms with Gasteiger partial charge in [0, 0.05) is 23.1 Å². The molecule has 1 aliphatic carbocycles. The lowest BCUT2D eigenvalue weighted by molar-refractivity contribution is 0.597. The van der Waals surface area contributed by atoms with Crippen molar-refractivity contribution in [2.75, 3.05) is 18.0 Å². The Hall–Kier alpha value is -0.540. The number of hydrogen-bond acceptors (Lipinski definition) is 2. The number of rotatable bonds is 8. The molecule has 3 heteroatoms. The van der Waals surface area contributed by atoms with E-state index in [1.807, 2.05) is 0 Å². The van der Waals surface area contributed by atoms with Crippen LogP contribution in [0.15, 0.2) is 22.7 Å². The van der Waals surface area contributed by atoms with Gasteiger partial charge in [-0.15, -0.1) is 0 Å². The lowest BCUT2D eigenvalue weighted by atomic mass is 10.1. The molecule has 0 aromatic heterocycles. The van der Waals surface area contributed by atoms with Crippen molar-refractivity contribution in [2.45, 2.75) is 58.5 Å². The minimum absolute atomic E-state index is 0.412. The third kappa shape index (κ3) is 3.98. The summed E-state index contributed by atoms with van der Waals surface area (Å²) in [5.41, 5.74) is 2.72. The van der Waals surface area contributed by atoms with E-state index >= 15 is 0 Å². The van der Waals surface area contributed by atoms with Crippen molar-refractivity contribution in [1.29, 1.82) is 0 Å². The molecule has 0 radical (unpaired) electrons. The molecule has 0 aliphatic heterocycles. The molecule has 20 heavy (non-hydrogen) atoms. The summed E-state index contributed by atoms with van der Waals surface area (Å²) < 4.78 is 1.24.